The summed E-state index contributed by atoms with van der Waals surface area (Å²) < 4.78 is 9.88. The van der Waals surface area contributed by atoms with E-state index in [2.05, 4.69) is 6.92 Å². The van der Waals surface area contributed by atoms with Crippen molar-refractivity contribution in [2.45, 2.75) is 51.6 Å². The lowest BCUT2D eigenvalue weighted by Gasteiger charge is -2.19. The molecule has 0 aromatic heterocycles. The quantitative estimate of drug-likeness (QED) is 0.678. The summed E-state index contributed by atoms with van der Waals surface area (Å²) in [6, 6.07) is 0. The Morgan fingerprint density at radius 3 is 1.92 bits per heavy atom. The van der Waals surface area contributed by atoms with Crippen LogP contribution in [0.15, 0.2) is 0 Å². The molecular weight excluding hydrogens is 164 g/mol. The van der Waals surface area contributed by atoms with E-state index >= 15 is 0 Å². The van der Waals surface area contributed by atoms with Gasteiger partial charge in [-0.2, -0.15) is 0 Å². The van der Waals surface area contributed by atoms with Crippen LogP contribution in [0.2, 0.25) is 0 Å². The van der Waals surface area contributed by atoms with Crippen molar-refractivity contribution in [2.24, 2.45) is 0 Å². The van der Waals surface area contributed by atoms with Gasteiger partial charge in [0.25, 0.3) is 0 Å². The molecule has 1 aliphatic rings. The maximum atomic E-state index is 5.19. The van der Waals surface area contributed by atoms with E-state index < -0.39 is 0 Å². The third-order valence-electron chi connectivity index (χ3n) is 2.29. The lowest BCUT2D eigenvalue weighted by atomic mass is 9.98. The third kappa shape index (κ3) is 8.26. The highest BCUT2D eigenvalue weighted by molar-refractivity contribution is 4.63. The second kappa shape index (κ2) is 10.0. The first-order chi connectivity index (χ1) is 6.35. The van der Waals surface area contributed by atoms with Gasteiger partial charge in [-0.05, 0) is 19.3 Å². The number of ether oxygens (including phenoxy) is 2. The van der Waals surface area contributed by atoms with E-state index in [-0.39, 0.29) is 0 Å². The molecule has 0 unspecified atom stereocenters. The summed E-state index contributed by atoms with van der Waals surface area (Å²) in [7, 11) is 3.53. The smallest absolute Gasteiger partial charge is 0.0571 e. The summed E-state index contributed by atoms with van der Waals surface area (Å²) in [5, 5.41) is 0. The van der Waals surface area contributed by atoms with Crippen LogP contribution in [0.4, 0.5) is 0 Å². The average molecular weight is 188 g/mol. The van der Waals surface area contributed by atoms with Crippen molar-refractivity contribution < 1.29 is 9.47 Å². The normalized spacial score (nSPS) is 17.8. The molecule has 0 aliphatic heterocycles. The van der Waals surface area contributed by atoms with Crippen molar-refractivity contribution in [1.29, 1.82) is 0 Å². The summed E-state index contributed by atoms with van der Waals surface area (Å²) in [5.41, 5.74) is 0. The second-order valence-corrected chi connectivity index (χ2v) is 3.49. The Labute approximate surface area is 82.6 Å². The zero-order chi connectivity index (χ0) is 9.94. The minimum Gasteiger partial charge on any atom is -0.385 e. The number of hydrogen-bond donors (Lipinski definition) is 0. The highest BCUT2D eigenvalue weighted by Gasteiger charge is 2.10. The molecule has 0 N–H and O–H groups in total. The van der Waals surface area contributed by atoms with Crippen LogP contribution in [0.5, 0.6) is 0 Å². The first-order valence-electron chi connectivity index (χ1n) is 5.36. The fraction of sp³-hybridized carbons (Fsp3) is 1.00. The van der Waals surface area contributed by atoms with Crippen LogP contribution in [-0.2, 0) is 9.47 Å². The summed E-state index contributed by atoms with van der Waals surface area (Å²) in [6.45, 7) is 2.98. The van der Waals surface area contributed by atoms with Crippen LogP contribution in [0.3, 0.4) is 0 Å². The van der Waals surface area contributed by atoms with Gasteiger partial charge in [0, 0.05) is 20.8 Å². The largest absolute Gasteiger partial charge is 0.385 e. The van der Waals surface area contributed by atoms with Gasteiger partial charge in [0.15, 0.2) is 0 Å². The van der Waals surface area contributed by atoms with Crippen molar-refractivity contribution in [2.75, 3.05) is 20.8 Å². The molecule has 0 amide bonds. The van der Waals surface area contributed by atoms with Crippen LogP contribution in [-0.4, -0.2) is 26.9 Å². The number of rotatable bonds is 3. The molecule has 0 heterocycles. The Morgan fingerprint density at radius 1 is 1.08 bits per heavy atom. The molecule has 1 saturated carbocycles. The maximum Gasteiger partial charge on any atom is 0.0571 e. The molecule has 0 radical (unpaired) electrons. The van der Waals surface area contributed by atoms with Crippen LogP contribution in [0.25, 0.3) is 0 Å². The van der Waals surface area contributed by atoms with Crippen LogP contribution < -0.4 is 0 Å². The standard InChI is InChI=1S/C7H14O.C4H10O/c1-8-7-5-3-2-4-6-7;1-3-4-5-2/h7H,2-6H2,1H3;3-4H2,1-2H3. The molecule has 13 heavy (non-hydrogen) atoms. The fourth-order valence-corrected chi connectivity index (χ4v) is 1.50. The second-order valence-electron chi connectivity index (χ2n) is 3.49. The lowest BCUT2D eigenvalue weighted by Crippen LogP contribution is -2.13. The number of methoxy groups -OCH3 is 2. The first-order valence-corrected chi connectivity index (χ1v) is 5.36. The molecule has 0 bridgehead atoms. The molecule has 1 rings (SSSR count). The average Bonchev–Trinajstić information content (AvgIpc) is 2.21. The molecule has 0 atom stereocenters. The lowest BCUT2D eigenvalue weighted by molar-refractivity contribution is 0.0710. The number of hydrogen-bond acceptors (Lipinski definition) is 2. The Kier molecular flexibility index (Phi) is 9.94. The van der Waals surface area contributed by atoms with Gasteiger partial charge in [-0.25, -0.2) is 0 Å². The van der Waals surface area contributed by atoms with Crippen LogP contribution >= 0.6 is 0 Å². The Morgan fingerprint density at radius 2 is 1.69 bits per heavy atom. The van der Waals surface area contributed by atoms with Gasteiger partial charge in [-0.3, -0.25) is 0 Å². The minimum atomic E-state index is 0.587. The van der Waals surface area contributed by atoms with Gasteiger partial charge >= 0.3 is 0 Å². The van der Waals surface area contributed by atoms with E-state index in [1.807, 2.05) is 7.11 Å². The van der Waals surface area contributed by atoms with E-state index in [0.29, 0.717) is 6.10 Å². The van der Waals surface area contributed by atoms with E-state index in [0.717, 1.165) is 13.0 Å². The molecule has 0 aromatic carbocycles. The van der Waals surface area contributed by atoms with Gasteiger partial charge in [-0.1, -0.05) is 26.2 Å². The van der Waals surface area contributed by atoms with Gasteiger partial charge in [0.2, 0.25) is 0 Å². The highest BCUT2D eigenvalue weighted by Crippen LogP contribution is 2.18. The van der Waals surface area contributed by atoms with E-state index in [1.54, 1.807) is 7.11 Å². The Bertz CT molecular complexity index is 86.1. The van der Waals surface area contributed by atoms with Crippen molar-refractivity contribution in [1.82, 2.24) is 0 Å². The molecule has 0 spiro atoms. The fourth-order valence-electron chi connectivity index (χ4n) is 1.50. The summed E-state index contributed by atoms with van der Waals surface area (Å²) in [4.78, 5) is 0. The zero-order valence-electron chi connectivity index (χ0n) is 9.34. The topological polar surface area (TPSA) is 18.5 Å². The summed E-state index contributed by atoms with van der Waals surface area (Å²) in [5.74, 6) is 0. The van der Waals surface area contributed by atoms with Gasteiger partial charge < -0.3 is 9.47 Å². The Hall–Kier alpha value is -0.0800. The minimum absolute atomic E-state index is 0.587. The molecule has 0 saturated heterocycles. The van der Waals surface area contributed by atoms with Gasteiger partial charge in [0.1, 0.15) is 0 Å². The summed E-state index contributed by atoms with van der Waals surface area (Å²) in [6.07, 6.45) is 8.45. The van der Waals surface area contributed by atoms with Crippen molar-refractivity contribution in [3.8, 4) is 0 Å². The zero-order valence-corrected chi connectivity index (χ0v) is 9.34. The molecular formula is C11H24O2. The van der Waals surface area contributed by atoms with E-state index in [4.69, 9.17) is 9.47 Å². The molecule has 2 heteroatoms. The predicted molar refractivity (Wildman–Crippen MR) is 56.0 cm³/mol. The highest BCUT2D eigenvalue weighted by atomic mass is 16.5. The van der Waals surface area contributed by atoms with Crippen molar-refractivity contribution >= 4 is 0 Å². The molecule has 1 aliphatic carbocycles. The molecule has 1 fully saturated rings. The van der Waals surface area contributed by atoms with Gasteiger partial charge in [-0.15, -0.1) is 0 Å². The Balaban J connectivity index is 0.000000252. The summed E-state index contributed by atoms with van der Waals surface area (Å²) >= 11 is 0. The van der Waals surface area contributed by atoms with Crippen LogP contribution in [0.1, 0.15) is 45.4 Å². The predicted octanol–water partition coefficient (Wildman–Crippen LogP) is 3.01. The van der Waals surface area contributed by atoms with Gasteiger partial charge in [0.05, 0.1) is 6.10 Å². The van der Waals surface area contributed by atoms with Crippen molar-refractivity contribution in [3.63, 3.8) is 0 Å². The SMILES string of the molecule is CCCOC.COC1CCCCC1. The van der Waals surface area contributed by atoms with Crippen molar-refractivity contribution in [3.05, 3.63) is 0 Å². The molecule has 2 nitrogen and oxygen atoms in total. The van der Waals surface area contributed by atoms with E-state index in [9.17, 15) is 0 Å². The monoisotopic (exact) mass is 188 g/mol. The first kappa shape index (κ1) is 12.9. The third-order valence-corrected chi connectivity index (χ3v) is 2.29. The molecule has 0 aromatic rings. The molecule has 80 valence electrons. The maximum absolute atomic E-state index is 5.19. The van der Waals surface area contributed by atoms with E-state index in [1.165, 1.54) is 32.1 Å². The van der Waals surface area contributed by atoms with Crippen LogP contribution in [0, 0.1) is 0 Å².